The summed E-state index contributed by atoms with van der Waals surface area (Å²) in [6.45, 7) is 4.49. The second-order valence-electron chi connectivity index (χ2n) is 10.4. The molecule has 0 radical (unpaired) electrons. The smallest absolute Gasteiger partial charge is 0.391 e. The summed E-state index contributed by atoms with van der Waals surface area (Å²) in [4.78, 5) is 41.9. The number of hydrogen-bond donors (Lipinski definition) is 4. The number of carbonyl (C=O) groups is 2. The van der Waals surface area contributed by atoms with Gasteiger partial charge in [-0.05, 0) is 55.6 Å². The number of rotatable bonds is 4. The fourth-order valence-electron chi connectivity index (χ4n) is 7.39. The highest BCUT2D eigenvalue weighted by atomic mass is 35.5. The third-order valence-corrected chi connectivity index (χ3v) is 10.4. The van der Waals surface area contributed by atoms with Gasteiger partial charge in [-0.1, -0.05) is 32.4 Å². The molecule has 32 heavy (non-hydrogen) atoms. The van der Waals surface area contributed by atoms with Gasteiger partial charge in [-0.25, -0.2) is 4.57 Å². The van der Waals surface area contributed by atoms with Crippen LogP contribution in [-0.2, 0) is 18.7 Å². The fourth-order valence-corrected chi connectivity index (χ4v) is 8.20. The van der Waals surface area contributed by atoms with Crippen LogP contribution in [-0.4, -0.2) is 54.8 Å². The first-order valence-electron chi connectivity index (χ1n) is 10.9. The Bertz CT molecular complexity index is 973. The van der Waals surface area contributed by atoms with E-state index in [9.17, 15) is 24.4 Å². The van der Waals surface area contributed by atoms with E-state index in [1.54, 1.807) is 26.0 Å². The summed E-state index contributed by atoms with van der Waals surface area (Å²) in [5.41, 5.74) is -2.85. The van der Waals surface area contributed by atoms with Crippen LogP contribution in [0.2, 0.25) is 0 Å². The van der Waals surface area contributed by atoms with Crippen molar-refractivity contribution >= 4 is 31.0 Å². The minimum absolute atomic E-state index is 0.0326. The third kappa shape index (κ3) is 3.04. The van der Waals surface area contributed by atoms with Gasteiger partial charge in [-0.15, -0.1) is 11.6 Å². The second-order valence-corrected chi connectivity index (χ2v) is 12.2. The molecule has 0 saturated heterocycles. The van der Waals surface area contributed by atoms with Crippen molar-refractivity contribution in [3.8, 4) is 0 Å². The average molecular weight is 489 g/mol. The Morgan fingerprint density at radius 3 is 2.59 bits per heavy atom. The third-order valence-electron chi connectivity index (χ3n) is 9.01. The Balaban J connectivity index is 1.74. The molecule has 0 spiro atoms. The number of Topliss-reactive ketones (excluding diaryl/α,β-unsaturated/α-hetero) is 1. The van der Waals surface area contributed by atoms with E-state index in [1.165, 1.54) is 6.08 Å². The van der Waals surface area contributed by atoms with Crippen LogP contribution in [0.15, 0.2) is 23.8 Å². The first-order chi connectivity index (χ1) is 14.6. The highest BCUT2D eigenvalue weighted by molar-refractivity contribution is 7.46. The molecule has 178 valence electrons. The van der Waals surface area contributed by atoms with Crippen molar-refractivity contribution in [2.24, 2.45) is 28.6 Å². The van der Waals surface area contributed by atoms with Gasteiger partial charge in [-0.2, -0.15) is 0 Å². The molecule has 8 atom stereocenters. The van der Waals surface area contributed by atoms with Gasteiger partial charge in [0, 0.05) is 10.8 Å². The normalized spacial score (nSPS) is 48.0. The van der Waals surface area contributed by atoms with E-state index >= 15 is 0 Å². The summed E-state index contributed by atoms with van der Waals surface area (Å²) < 4.78 is 15.5. The molecule has 0 aromatic heterocycles. The zero-order valence-electron chi connectivity index (χ0n) is 18.3. The topological polar surface area (TPSA) is 141 Å². The van der Waals surface area contributed by atoms with Crippen LogP contribution < -0.4 is 0 Å². The molecule has 4 aliphatic carbocycles. The monoisotopic (exact) mass is 488 g/mol. The van der Waals surface area contributed by atoms with Gasteiger partial charge >= 0.3 is 7.82 Å². The standard InChI is InChI=1S/C22H30ClO8P/c1-12-8-16-15-5-4-13-9-14(24)6-7-19(13,2)21(15,23)17(25)10-20(16,3)22(12,27)18(26)11-31-32(28,29)30/h6-7,9,12,15-17,25,27H,4-5,8,10-11H2,1-3H3,(H2,28,29,30)/t12-,15?,16?,17-,19-,20-,21?,22-/m0/s1. The Morgan fingerprint density at radius 1 is 1.31 bits per heavy atom. The molecule has 4 N–H and O–H groups in total. The number of fused-ring (bicyclic) bond motifs is 5. The summed E-state index contributed by atoms with van der Waals surface area (Å²) in [5, 5.41) is 23.1. The molecule has 3 unspecified atom stereocenters. The quantitative estimate of drug-likeness (QED) is 0.349. The summed E-state index contributed by atoms with van der Waals surface area (Å²) in [5.74, 6) is -1.90. The minimum atomic E-state index is -4.89. The predicted molar refractivity (Wildman–Crippen MR) is 116 cm³/mol. The summed E-state index contributed by atoms with van der Waals surface area (Å²) in [7, 11) is -4.89. The Morgan fingerprint density at radius 2 is 1.97 bits per heavy atom. The van der Waals surface area contributed by atoms with Crippen LogP contribution in [0.1, 0.15) is 46.5 Å². The van der Waals surface area contributed by atoms with E-state index in [4.69, 9.17) is 21.4 Å². The number of phosphoric acid groups is 1. The lowest BCUT2D eigenvalue weighted by Gasteiger charge is -2.63. The van der Waals surface area contributed by atoms with E-state index in [-0.39, 0.29) is 24.0 Å². The van der Waals surface area contributed by atoms with Crippen molar-refractivity contribution in [2.45, 2.75) is 63.0 Å². The lowest BCUT2D eigenvalue weighted by molar-refractivity contribution is -0.179. The highest BCUT2D eigenvalue weighted by Gasteiger charge is 2.74. The molecule has 0 heterocycles. The molecule has 4 rings (SSSR count). The lowest BCUT2D eigenvalue weighted by Crippen LogP contribution is -2.69. The Labute approximate surface area is 191 Å². The van der Waals surface area contributed by atoms with Crippen LogP contribution in [0.25, 0.3) is 0 Å². The van der Waals surface area contributed by atoms with Gasteiger partial charge in [0.2, 0.25) is 0 Å². The van der Waals surface area contributed by atoms with Crippen LogP contribution in [0.3, 0.4) is 0 Å². The number of halogens is 1. The molecule has 0 aromatic carbocycles. The lowest BCUT2D eigenvalue weighted by atomic mass is 9.45. The van der Waals surface area contributed by atoms with Crippen LogP contribution in [0, 0.1) is 28.6 Å². The molecule has 0 aliphatic heterocycles. The van der Waals surface area contributed by atoms with Crippen molar-refractivity contribution in [1.29, 1.82) is 0 Å². The van der Waals surface area contributed by atoms with Gasteiger partial charge in [0.15, 0.2) is 11.6 Å². The van der Waals surface area contributed by atoms with Gasteiger partial charge in [0.1, 0.15) is 12.2 Å². The summed E-state index contributed by atoms with van der Waals surface area (Å²) in [6, 6.07) is 0. The minimum Gasteiger partial charge on any atom is -0.391 e. The van der Waals surface area contributed by atoms with Crippen LogP contribution >= 0.6 is 19.4 Å². The van der Waals surface area contributed by atoms with Gasteiger partial charge in [-0.3, -0.25) is 14.1 Å². The summed E-state index contributed by atoms with van der Waals surface area (Å²) in [6.07, 6.45) is 5.48. The molecule has 0 amide bonds. The number of aliphatic hydroxyl groups excluding tert-OH is 1. The van der Waals surface area contributed by atoms with E-state index in [0.29, 0.717) is 19.3 Å². The maximum absolute atomic E-state index is 13.1. The molecular formula is C22H30ClO8P. The van der Waals surface area contributed by atoms with E-state index < -0.39 is 53.5 Å². The second kappa shape index (κ2) is 7.32. The highest BCUT2D eigenvalue weighted by Crippen LogP contribution is 2.71. The molecule has 4 aliphatic rings. The molecule has 3 fully saturated rings. The van der Waals surface area contributed by atoms with Gasteiger partial charge in [0.05, 0.1) is 11.0 Å². The van der Waals surface area contributed by atoms with Gasteiger partial charge < -0.3 is 20.0 Å². The van der Waals surface area contributed by atoms with E-state index in [2.05, 4.69) is 4.52 Å². The predicted octanol–water partition coefficient (Wildman–Crippen LogP) is 2.28. The van der Waals surface area contributed by atoms with Crippen molar-refractivity contribution in [2.75, 3.05) is 6.61 Å². The van der Waals surface area contributed by atoms with Crippen molar-refractivity contribution in [3.05, 3.63) is 23.8 Å². The molecular weight excluding hydrogens is 459 g/mol. The largest absolute Gasteiger partial charge is 0.470 e. The van der Waals surface area contributed by atoms with E-state index in [0.717, 1.165) is 5.57 Å². The SMILES string of the molecule is C[C@H]1CC2C3CCC4=CC(=O)C=C[C@]4(C)C3(Cl)[C@@H](O)C[C@]2(C)[C@@]1(O)C(=O)COP(=O)(O)O. The molecule has 0 bridgehead atoms. The Kier molecular flexibility index (Phi) is 5.55. The number of phosphoric ester groups is 1. The molecule has 10 heteroatoms. The maximum Gasteiger partial charge on any atom is 0.470 e. The zero-order valence-corrected chi connectivity index (χ0v) is 20.0. The maximum atomic E-state index is 13.1. The zero-order chi connectivity index (χ0) is 23.9. The Hall–Kier alpha value is -0.860. The van der Waals surface area contributed by atoms with Crippen molar-refractivity contribution in [1.82, 2.24) is 0 Å². The van der Waals surface area contributed by atoms with Crippen molar-refractivity contribution < 1.29 is 38.7 Å². The van der Waals surface area contributed by atoms with Crippen LogP contribution in [0.5, 0.6) is 0 Å². The molecule has 0 aromatic rings. The molecule has 3 saturated carbocycles. The number of alkyl halides is 1. The number of aliphatic hydroxyl groups is 2. The van der Waals surface area contributed by atoms with Gasteiger partial charge in [0.25, 0.3) is 0 Å². The first kappa shape index (κ1) is 24.3. The van der Waals surface area contributed by atoms with Crippen molar-refractivity contribution in [3.63, 3.8) is 0 Å². The van der Waals surface area contributed by atoms with Crippen LogP contribution in [0.4, 0.5) is 0 Å². The average Bonchev–Trinajstić information content (AvgIpc) is 2.89. The number of allylic oxidation sites excluding steroid dienone is 4. The number of carbonyl (C=O) groups excluding carboxylic acids is 2. The first-order valence-corrected chi connectivity index (χ1v) is 12.8. The summed E-state index contributed by atoms with van der Waals surface area (Å²) >= 11 is 7.31. The fraction of sp³-hybridized carbons (Fsp3) is 0.727. The molecule has 8 nitrogen and oxygen atoms in total. The number of ketones is 2. The van der Waals surface area contributed by atoms with E-state index in [1.807, 2.05) is 6.92 Å². The number of hydrogen-bond acceptors (Lipinski definition) is 6.